The molecule has 0 amide bonds. The highest BCUT2D eigenvalue weighted by Crippen LogP contribution is 2.42. The van der Waals surface area contributed by atoms with Crippen molar-refractivity contribution < 1.29 is 24.2 Å². The normalized spacial score (nSPS) is 26.7. The third kappa shape index (κ3) is 3.16. The van der Waals surface area contributed by atoms with Crippen molar-refractivity contribution in [2.45, 2.75) is 44.8 Å². The molecule has 3 unspecified atom stereocenters. The number of hydrogen-bond donors (Lipinski definition) is 2. The van der Waals surface area contributed by atoms with Crippen molar-refractivity contribution >= 4 is 5.69 Å². The van der Waals surface area contributed by atoms with Gasteiger partial charge in [-0.05, 0) is 26.8 Å². The maximum absolute atomic E-state index is 10.9. The van der Waals surface area contributed by atoms with E-state index in [0.29, 0.717) is 24.5 Å². The zero-order valence-corrected chi connectivity index (χ0v) is 13.4. The molecule has 0 radical (unpaired) electrons. The summed E-state index contributed by atoms with van der Waals surface area (Å²) in [5.41, 5.74) is 5.15. The number of hydrogen-bond acceptors (Lipinski definition) is 7. The number of aliphatic hydroxyl groups is 1. The van der Waals surface area contributed by atoms with E-state index in [-0.39, 0.29) is 5.69 Å². The lowest BCUT2D eigenvalue weighted by molar-refractivity contribution is -0.385. The van der Waals surface area contributed by atoms with Crippen molar-refractivity contribution in [2.75, 3.05) is 13.2 Å². The Kier molecular flexibility index (Phi) is 5.20. The third-order valence-corrected chi connectivity index (χ3v) is 3.92. The Balaban J connectivity index is 2.42. The molecule has 0 spiro atoms. The van der Waals surface area contributed by atoms with Gasteiger partial charge in [0.1, 0.15) is 11.9 Å². The van der Waals surface area contributed by atoms with Crippen LogP contribution < -0.4 is 10.5 Å². The van der Waals surface area contributed by atoms with Crippen LogP contribution in [0.3, 0.4) is 0 Å². The van der Waals surface area contributed by atoms with E-state index in [2.05, 4.69) is 0 Å². The summed E-state index contributed by atoms with van der Waals surface area (Å²) in [4.78, 5) is 10.4. The van der Waals surface area contributed by atoms with Crippen LogP contribution in [0.4, 0.5) is 5.69 Å². The van der Waals surface area contributed by atoms with Crippen molar-refractivity contribution in [3.8, 4) is 5.75 Å². The fourth-order valence-electron chi connectivity index (χ4n) is 2.70. The fraction of sp³-hybridized carbons (Fsp3) is 0.600. The summed E-state index contributed by atoms with van der Waals surface area (Å²) in [6.07, 6.45) is -1.97. The van der Waals surface area contributed by atoms with Gasteiger partial charge in [-0.2, -0.15) is 0 Å². The van der Waals surface area contributed by atoms with Gasteiger partial charge in [0, 0.05) is 30.9 Å². The van der Waals surface area contributed by atoms with E-state index >= 15 is 0 Å². The van der Waals surface area contributed by atoms with Crippen LogP contribution in [0.2, 0.25) is 0 Å². The van der Waals surface area contributed by atoms with Gasteiger partial charge >= 0.3 is 0 Å². The third-order valence-electron chi connectivity index (χ3n) is 3.92. The van der Waals surface area contributed by atoms with Crippen molar-refractivity contribution in [1.82, 2.24) is 0 Å². The number of nitro groups is 1. The Labute approximate surface area is 134 Å². The summed E-state index contributed by atoms with van der Waals surface area (Å²) >= 11 is 0. The van der Waals surface area contributed by atoms with E-state index in [1.165, 1.54) is 18.2 Å². The van der Waals surface area contributed by atoms with Crippen LogP contribution in [0.1, 0.15) is 32.4 Å². The second-order valence-electron chi connectivity index (χ2n) is 5.48. The molecule has 3 atom stereocenters. The number of nitro benzene ring substituents is 1. The van der Waals surface area contributed by atoms with Crippen LogP contribution in [0.5, 0.6) is 5.75 Å². The lowest BCUT2D eigenvalue weighted by Crippen LogP contribution is -2.61. The second kappa shape index (κ2) is 6.79. The maximum atomic E-state index is 10.9. The molecule has 0 aromatic heterocycles. The highest BCUT2D eigenvalue weighted by atomic mass is 16.7. The highest BCUT2D eigenvalue weighted by molar-refractivity contribution is 5.48. The van der Waals surface area contributed by atoms with Crippen molar-refractivity contribution in [2.24, 2.45) is 5.73 Å². The van der Waals surface area contributed by atoms with Gasteiger partial charge in [-0.15, -0.1) is 0 Å². The summed E-state index contributed by atoms with van der Waals surface area (Å²) < 4.78 is 17.0. The summed E-state index contributed by atoms with van der Waals surface area (Å²) in [5.74, 6) is 0.375. The van der Waals surface area contributed by atoms with E-state index in [9.17, 15) is 15.2 Å². The molecule has 0 saturated carbocycles. The van der Waals surface area contributed by atoms with Crippen molar-refractivity contribution in [3.05, 3.63) is 33.9 Å². The lowest BCUT2D eigenvalue weighted by Gasteiger charge is -2.46. The summed E-state index contributed by atoms with van der Waals surface area (Å²) in [7, 11) is 0. The van der Waals surface area contributed by atoms with E-state index < -0.39 is 29.0 Å². The van der Waals surface area contributed by atoms with Crippen molar-refractivity contribution in [3.63, 3.8) is 0 Å². The molecular weight excluding hydrogens is 304 g/mol. The predicted molar refractivity (Wildman–Crippen MR) is 82.1 cm³/mol. The molecule has 3 N–H and O–H groups in total. The quantitative estimate of drug-likeness (QED) is 0.462. The van der Waals surface area contributed by atoms with Gasteiger partial charge in [-0.1, -0.05) is 0 Å². The number of nitrogens with two attached hydrogens (primary N) is 1. The van der Waals surface area contributed by atoms with E-state index in [1.54, 1.807) is 6.92 Å². The first-order valence-electron chi connectivity index (χ1n) is 7.49. The molecule has 0 fully saturated rings. The number of rotatable bonds is 6. The highest BCUT2D eigenvalue weighted by Gasteiger charge is 2.51. The molecule has 8 heteroatoms. The monoisotopic (exact) mass is 326 g/mol. The first-order chi connectivity index (χ1) is 10.8. The maximum Gasteiger partial charge on any atom is 0.270 e. The Hall–Kier alpha value is -1.74. The van der Waals surface area contributed by atoms with Gasteiger partial charge in [-0.25, -0.2) is 0 Å². The number of ether oxygens (including phenoxy) is 3. The summed E-state index contributed by atoms with van der Waals surface area (Å²) in [6.45, 7) is 6.01. The number of benzene rings is 1. The second-order valence-corrected chi connectivity index (χ2v) is 5.48. The average molecular weight is 326 g/mol. The molecule has 0 aliphatic carbocycles. The number of aliphatic hydroxyl groups excluding tert-OH is 1. The predicted octanol–water partition coefficient (Wildman–Crippen LogP) is 1.51. The Morgan fingerprint density at radius 1 is 1.43 bits per heavy atom. The van der Waals surface area contributed by atoms with E-state index in [0.717, 1.165) is 0 Å². The van der Waals surface area contributed by atoms with Gasteiger partial charge in [0.2, 0.25) is 0 Å². The van der Waals surface area contributed by atoms with Gasteiger partial charge in [0.25, 0.3) is 5.69 Å². The van der Waals surface area contributed by atoms with Crippen molar-refractivity contribution in [1.29, 1.82) is 0 Å². The minimum absolute atomic E-state index is 0.107. The summed E-state index contributed by atoms with van der Waals surface area (Å²) in [5, 5.41) is 21.5. The number of fused-ring (bicyclic) bond motifs is 1. The molecule has 1 aliphatic heterocycles. The Bertz CT molecular complexity index is 575. The smallest absolute Gasteiger partial charge is 0.270 e. The molecule has 1 heterocycles. The topological polar surface area (TPSA) is 117 Å². The molecule has 1 aliphatic rings. The van der Waals surface area contributed by atoms with Crippen LogP contribution in [0, 0.1) is 10.1 Å². The fourth-order valence-corrected chi connectivity index (χ4v) is 2.70. The van der Waals surface area contributed by atoms with Gasteiger partial charge in [0.15, 0.2) is 11.9 Å². The first kappa shape index (κ1) is 17.6. The van der Waals surface area contributed by atoms with Crippen LogP contribution >= 0.6 is 0 Å². The molecule has 0 saturated heterocycles. The molecule has 1 aromatic rings. The molecule has 8 nitrogen and oxygen atoms in total. The van der Waals surface area contributed by atoms with Crippen LogP contribution in [0.15, 0.2) is 18.2 Å². The van der Waals surface area contributed by atoms with Crippen LogP contribution in [-0.4, -0.2) is 41.2 Å². The minimum atomic E-state index is -1.23. The number of non-ortho nitro benzene ring substituents is 1. The largest absolute Gasteiger partial charge is 0.479 e. The minimum Gasteiger partial charge on any atom is -0.479 e. The molecular formula is C15H22N2O6. The van der Waals surface area contributed by atoms with Crippen LogP contribution in [-0.2, 0) is 9.47 Å². The zero-order valence-electron chi connectivity index (χ0n) is 13.4. The standard InChI is InChI=1S/C15H22N2O6/c1-4-21-14(22-5-2)15(3)13(18)12(16)10-8-9(17(19)20)6-7-11(10)23-15/h6-8,12-14,18H,4-5,16H2,1-3H3. The molecule has 23 heavy (non-hydrogen) atoms. The summed E-state index contributed by atoms with van der Waals surface area (Å²) in [6, 6.07) is 3.28. The number of nitrogens with zero attached hydrogens (tertiary/aromatic N) is 1. The SMILES string of the molecule is CCOC(OCC)C1(C)Oc2ccc([N+](=O)[O-])cc2C(N)C1O. The van der Waals surface area contributed by atoms with Gasteiger partial charge < -0.3 is 25.1 Å². The van der Waals surface area contributed by atoms with Gasteiger partial charge in [-0.3, -0.25) is 10.1 Å². The van der Waals surface area contributed by atoms with Gasteiger partial charge in [0.05, 0.1) is 11.0 Å². The molecule has 0 bridgehead atoms. The van der Waals surface area contributed by atoms with E-state index in [1.807, 2.05) is 13.8 Å². The van der Waals surface area contributed by atoms with Crippen LogP contribution in [0.25, 0.3) is 0 Å². The Morgan fingerprint density at radius 2 is 2.04 bits per heavy atom. The Morgan fingerprint density at radius 3 is 2.57 bits per heavy atom. The molecule has 2 rings (SSSR count). The van der Waals surface area contributed by atoms with E-state index in [4.69, 9.17) is 19.9 Å². The zero-order chi connectivity index (χ0) is 17.2. The lowest BCUT2D eigenvalue weighted by atomic mass is 9.85. The molecule has 128 valence electrons. The average Bonchev–Trinajstić information content (AvgIpc) is 2.52. The first-order valence-corrected chi connectivity index (χ1v) is 7.49. The molecule has 1 aromatic carbocycles.